The molecule has 0 fully saturated rings. The van der Waals surface area contributed by atoms with E-state index in [0.29, 0.717) is 5.84 Å². The molecule has 10 heteroatoms. The average molecular weight is 436 g/mol. The second-order valence-electron chi connectivity index (χ2n) is 8.77. The molecule has 0 spiro atoms. The van der Waals surface area contributed by atoms with E-state index in [2.05, 4.69) is 21.7 Å². The fourth-order valence-corrected chi connectivity index (χ4v) is 4.31. The Morgan fingerprint density at radius 1 is 1.32 bits per heavy atom. The molecule has 2 unspecified atom stereocenters. The molecule has 1 aliphatic carbocycles. The van der Waals surface area contributed by atoms with Gasteiger partial charge in [0.2, 0.25) is 5.91 Å². The Morgan fingerprint density at radius 3 is 2.90 bits per heavy atom. The second-order valence-corrected chi connectivity index (χ2v) is 8.77. The number of aliphatic imine (C=N–C) groups is 3. The first kappa shape index (κ1) is 21.7. The first-order valence-corrected chi connectivity index (χ1v) is 10.6. The van der Waals surface area contributed by atoms with Gasteiger partial charge in [0.25, 0.3) is 0 Å². The highest BCUT2D eigenvalue weighted by atomic mass is 19.4. The van der Waals surface area contributed by atoms with Gasteiger partial charge in [-0.3, -0.25) is 15.1 Å². The van der Waals surface area contributed by atoms with Crippen LogP contribution < -0.4 is 16.0 Å². The molecule has 0 saturated heterocycles. The number of amides is 1. The summed E-state index contributed by atoms with van der Waals surface area (Å²) in [5.41, 5.74) is 0.696. The molecule has 7 nitrogen and oxygen atoms in total. The maximum absolute atomic E-state index is 12.5. The van der Waals surface area contributed by atoms with E-state index in [1.54, 1.807) is 13.8 Å². The molecular formula is C21H27F3N6O. The Morgan fingerprint density at radius 2 is 2.13 bits per heavy atom. The molecule has 0 aromatic heterocycles. The molecule has 168 valence electrons. The van der Waals surface area contributed by atoms with Crippen LogP contribution in [-0.4, -0.2) is 54.3 Å². The molecular weight excluding hydrogens is 409 g/mol. The zero-order chi connectivity index (χ0) is 22.2. The number of allylic oxidation sites excluding steroid dienone is 1. The summed E-state index contributed by atoms with van der Waals surface area (Å²) in [6.07, 6.45) is 4.62. The van der Waals surface area contributed by atoms with Gasteiger partial charge in [-0.05, 0) is 39.5 Å². The van der Waals surface area contributed by atoms with Crippen molar-refractivity contribution < 1.29 is 18.0 Å². The highest BCUT2D eigenvalue weighted by molar-refractivity contribution is 6.14. The molecule has 4 rings (SSSR count). The summed E-state index contributed by atoms with van der Waals surface area (Å²) in [4.78, 5) is 26.7. The summed E-state index contributed by atoms with van der Waals surface area (Å²) in [7, 11) is 0. The predicted octanol–water partition coefficient (Wildman–Crippen LogP) is 2.47. The van der Waals surface area contributed by atoms with Crippen LogP contribution in [0.4, 0.5) is 13.2 Å². The molecule has 1 amide bonds. The average Bonchev–Trinajstić information content (AvgIpc) is 3.15. The fraction of sp³-hybridized carbons (Fsp3) is 0.619. The highest BCUT2D eigenvalue weighted by Gasteiger charge is 2.40. The van der Waals surface area contributed by atoms with Crippen molar-refractivity contribution in [1.82, 2.24) is 16.0 Å². The summed E-state index contributed by atoms with van der Waals surface area (Å²) < 4.78 is 37.6. The van der Waals surface area contributed by atoms with E-state index in [0.717, 1.165) is 49.3 Å². The molecule has 0 bridgehead atoms. The normalized spacial score (nSPS) is 27.8. The number of alkyl halides is 3. The van der Waals surface area contributed by atoms with Crippen molar-refractivity contribution in [2.75, 3.05) is 13.1 Å². The van der Waals surface area contributed by atoms with Crippen LogP contribution >= 0.6 is 0 Å². The molecule has 3 atom stereocenters. The minimum absolute atomic E-state index is 0.135. The lowest BCUT2D eigenvalue weighted by molar-refractivity contribution is -0.141. The molecule has 0 aromatic rings. The van der Waals surface area contributed by atoms with Gasteiger partial charge >= 0.3 is 6.18 Å². The molecule has 0 radical (unpaired) electrons. The summed E-state index contributed by atoms with van der Waals surface area (Å²) in [5.74, 6) is 0.813. The maximum Gasteiger partial charge on any atom is 0.405 e. The number of nitrogens with one attached hydrogen (secondary N) is 3. The van der Waals surface area contributed by atoms with Gasteiger partial charge in [0, 0.05) is 29.9 Å². The summed E-state index contributed by atoms with van der Waals surface area (Å²) in [6.45, 7) is 2.57. The van der Waals surface area contributed by atoms with Crippen molar-refractivity contribution in [2.24, 2.45) is 26.8 Å². The molecule has 3 N–H and O–H groups in total. The van der Waals surface area contributed by atoms with Crippen molar-refractivity contribution in [3.8, 4) is 0 Å². The lowest BCUT2D eigenvalue weighted by Crippen LogP contribution is -2.59. The van der Waals surface area contributed by atoms with Crippen LogP contribution in [0, 0.1) is 11.8 Å². The molecule has 3 aliphatic heterocycles. The Bertz CT molecular complexity index is 899. The van der Waals surface area contributed by atoms with E-state index in [1.807, 2.05) is 17.6 Å². The zero-order valence-corrected chi connectivity index (χ0v) is 17.6. The Kier molecular flexibility index (Phi) is 5.76. The second kappa shape index (κ2) is 8.22. The van der Waals surface area contributed by atoms with Crippen molar-refractivity contribution >= 4 is 23.3 Å². The van der Waals surface area contributed by atoms with Gasteiger partial charge in [-0.15, -0.1) is 0 Å². The van der Waals surface area contributed by atoms with Crippen LogP contribution in [-0.2, 0) is 4.79 Å². The minimum Gasteiger partial charge on any atom is -0.349 e. The van der Waals surface area contributed by atoms with Crippen LogP contribution in [0.2, 0.25) is 0 Å². The highest BCUT2D eigenvalue weighted by Crippen LogP contribution is 2.32. The van der Waals surface area contributed by atoms with E-state index in [-0.39, 0.29) is 11.8 Å². The Balaban J connectivity index is 1.57. The van der Waals surface area contributed by atoms with E-state index in [1.165, 1.54) is 0 Å². The van der Waals surface area contributed by atoms with Crippen molar-refractivity contribution in [3.63, 3.8) is 0 Å². The monoisotopic (exact) mass is 436 g/mol. The van der Waals surface area contributed by atoms with E-state index in [4.69, 9.17) is 9.98 Å². The lowest BCUT2D eigenvalue weighted by Gasteiger charge is -2.36. The summed E-state index contributed by atoms with van der Waals surface area (Å²) in [5, 5.41) is 8.37. The van der Waals surface area contributed by atoms with Crippen LogP contribution in [0.25, 0.3) is 0 Å². The van der Waals surface area contributed by atoms with Crippen molar-refractivity contribution in [1.29, 1.82) is 0 Å². The number of hydrogen-bond acceptors (Lipinski definition) is 6. The molecule has 4 aliphatic rings. The third kappa shape index (κ3) is 4.73. The van der Waals surface area contributed by atoms with E-state index < -0.39 is 30.3 Å². The number of carbonyl (C=O) groups excluding carboxylic acids is 1. The van der Waals surface area contributed by atoms with Crippen molar-refractivity contribution in [2.45, 2.75) is 57.4 Å². The van der Waals surface area contributed by atoms with E-state index in [9.17, 15) is 18.0 Å². The number of rotatable bonds is 5. The molecule has 3 heterocycles. The number of amidine groups is 2. The fourth-order valence-electron chi connectivity index (χ4n) is 4.31. The van der Waals surface area contributed by atoms with Gasteiger partial charge in [0.05, 0.1) is 11.5 Å². The van der Waals surface area contributed by atoms with Crippen LogP contribution in [0.3, 0.4) is 0 Å². The third-order valence-electron chi connectivity index (χ3n) is 5.94. The van der Waals surface area contributed by atoms with Gasteiger partial charge in [0.1, 0.15) is 18.5 Å². The smallest absolute Gasteiger partial charge is 0.349 e. The van der Waals surface area contributed by atoms with Crippen LogP contribution in [0.5, 0.6) is 0 Å². The van der Waals surface area contributed by atoms with E-state index >= 15 is 0 Å². The van der Waals surface area contributed by atoms with Crippen molar-refractivity contribution in [3.05, 3.63) is 23.9 Å². The Hall–Kier alpha value is -2.49. The summed E-state index contributed by atoms with van der Waals surface area (Å²) >= 11 is 0. The van der Waals surface area contributed by atoms with Gasteiger partial charge in [0.15, 0.2) is 5.84 Å². The van der Waals surface area contributed by atoms with Gasteiger partial charge in [-0.2, -0.15) is 13.2 Å². The SMILES string of the molecule is CC(C)(NC1N=C(C2=CNC3=NCCC[C@@H]23)N=C2CCC=CC21)C(=O)NCC(F)(F)F. The Labute approximate surface area is 179 Å². The number of hydrogen-bond donors (Lipinski definition) is 3. The minimum atomic E-state index is -4.46. The number of carbonyl (C=O) groups is 1. The molecule has 0 aromatic carbocycles. The first-order chi connectivity index (χ1) is 14.6. The molecule has 0 saturated carbocycles. The number of nitrogens with zero attached hydrogens (tertiary/aromatic N) is 3. The van der Waals surface area contributed by atoms with Gasteiger partial charge < -0.3 is 10.6 Å². The van der Waals surface area contributed by atoms with Crippen LogP contribution in [0.1, 0.15) is 39.5 Å². The third-order valence-corrected chi connectivity index (χ3v) is 5.94. The number of halogens is 3. The predicted molar refractivity (Wildman–Crippen MR) is 113 cm³/mol. The van der Waals surface area contributed by atoms with Gasteiger partial charge in [-0.1, -0.05) is 12.2 Å². The topological polar surface area (TPSA) is 90.2 Å². The van der Waals surface area contributed by atoms with Gasteiger partial charge in [-0.25, -0.2) is 9.98 Å². The lowest BCUT2D eigenvalue weighted by atomic mass is 9.87. The molecule has 31 heavy (non-hydrogen) atoms. The first-order valence-electron chi connectivity index (χ1n) is 10.6. The zero-order valence-electron chi connectivity index (χ0n) is 17.6. The standard InChI is InChI=1S/C21H27F3N6O/c1-20(2,19(31)27-11-21(22,23)24)30-18-13-6-3-4-8-15(13)28-17(29-18)14-10-26-16-12(14)7-5-9-25-16/h3,6,10,12-13,18,30H,4-5,7-9,11H2,1-2H3,(H,25,26)(H,27,31)/t12-,13?,18?/m0/s1. The number of fused-ring (bicyclic) bond motifs is 2. The quantitative estimate of drug-likeness (QED) is 0.579. The summed E-state index contributed by atoms with van der Waals surface area (Å²) in [6, 6.07) is 0. The maximum atomic E-state index is 12.5. The largest absolute Gasteiger partial charge is 0.405 e. The van der Waals surface area contributed by atoms with Crippen LogP contribution in [0.15, 0.2) is 38.9 Å².